The summed E-state index contributed by atoms with van der Waals surface area (Å²) in [5.74, 6) is 0.00224. The van der Waals surface area contributed by atoms with Crippen LogP contribution in [0.1, 0.15) is 18.9 Å². The average molecular weight is 273 g/mol. The van der Waals surface area contributed by atoms with Gasteiger partial charge in [-0.05, 0) is 25.0 Å². The average Bonchev–Trinajstić information content (AvgIpc) is 2.26. The summed E-state index contributed by atoms with van der Waals surface area (Å²) in [6, 6.07) is 5.18. The number of ether oxygens (including phenoxy) is 1. The molecule has 0 heterocycles. The number of halogens is 2. The lowest BCUT2D eigenvalue weighted by Gasteiger charge is -2.07. The number of methoxy groups -OCH3 is 1. The molecular weight excluding hydrogens is 259 g/mol. The zero-order chi connectivity index (χ0) is 11.3. The highest BCUT2D eigenvalue weighted by Gasteiger charge is 2.08. The first-order chi connectivity index (χ1) is 7.20. The normalized spacial score (nSPS) is 11.6. The highest BCUT2D eigenvalue weighted by atomic mass is 79.9. The van der Waals surface area contributed by atoms with Crippen molar-refractivity contribution in [2.75, 3.05) is 12.4 Å². The molecule has 3 heteroatoms. The van der Waals surface area contributed by atoms with E-state index in [0.717, 1.165) is 17.3 Å². The molecule has 0 spiro atoms. The van der Waals surface area contributed by atoms with Crippen molar-refractivity contribution in [3.8, 4) is 5.75 Å². The summed E-state index contributed by atoms with van der Waals surface area (Å²) in [6.07, 6.45) is 2.90. The van der Waals surface area contributed by atoms with Gasteiger partial charge in [-0.15, -0.1) is 0 Å². The van der Waals surface area contributed by atoms with Crippen molar-refractivity contribution >= 4 is 21.5 Å². The monoisotopic (exact) mass is 272 g/mol. The van der Waals surface area contributed by atoms with E-state index in [-0.39, 0.29) is 5.82 Å². The second-order valence-electron chi connectivity index (χ2n) is 3.19. The van der Waals surface area contributed by atoms with E-state index in [9.17, 15) is 4.39 Å². The Morgan fingerprint density at radius 1 is 1.53 bits per heavy atom. The standard InChI is InChI=1S/C12H14BrFO/c1-9(5-4-8-13)10-6-3-7-11(15-2)12(10)14/h3,5-7H,4,8H2,1-2H3/b9-5+. The Morgan fingerprint density at radius 2 is 2.27 bits per heavy atom. The molecule has 15 heavy (non-hydrogen) atoms. The van der Waals surface area contributed by atoms with Crippen molar-refractivity contribution < 1.29 is 9.13 Å². The predicted molar refractivity (Wildman–Crippen MR) is 65.0 cm³/mol. The summed E-state index contributed by atoms with van der Waals surface area (Å²) in [4.78, 5) is 0. The SMILES string of the molecule is COc1cccc(/C(C)=C/CCBr)c1F. The van der Waals surface area contributed by atoms with Gasteiger partial charge in [-0.25, -0.2) is 4.39 Å². The van der Waals surface area contributed by atoms with Crippen molar-refractivity contribution in [1.82, 2.24) is 0 Å². The van der Waals surface area contributed by atoms with Crippen molar-refractivity contribution in [2.24, 2.45) is 0 Å². The molecule has 0 fully saturated rings. The lowest BCUT2D eigenvalue weighted by molar-refractivity contribution is 0.386. The van der Waals surface area contributed by atoms with E-state index >= 15 is 0 Å². The fourth-order valence-electron chi connectivity index (χ4n) is 1.35. The largest absolute Gasteiger partial charge is 0.494 e. The van der Waals surface area contributed by atoms with E-state index in [1.54, 1.807) is 18.2 Å². The summed E-state index contributed by atoms with van der Waals surface area (Å²) in [6.45, 7) is 1.90. The summed E-state index contributed by atoms with van der Waals surface area (Å²) >= 11 is 3.33. The Balaban J connectivity index is 3.03. The number of hydrogen-bond donors (Lipinski definition) is 0. The Kier molecular flexibility index (Phi) is 4.82. The van der Waals surface area contributed by atoms with E-state index in [0.29, 0.717) is 11.3 Å². The fourth-order valence-corrected chi connectivity index (χ4v) is 1.58. The first-order valence-electron chi connectivity index (χ1n) is 4.76. The van der Waals surface area contributed by atoms with Crippen LogP contribution in [0.3, 0.4) is 0 Å². The Labute approximate surface area is 98.1 Å². The van der Waals surface area contributed by atoms with Crippen molar-refractivity contribution in [1.29, 1.82) is 0 Å². The Bertz CT molecular complexity index is 361. The molecule has 0 atom stereocenters. The van der Waals surface area contributed by atoms with Gasteiger partial charge in [0.2, 0.25) is 0 Å². The summed E-state index contributed by atoms with van der Waals surface area (Å²) in [5, 5.41) is 0.885. The van der Waals surface area contributed by atoms with Gasteiger partial charge < -0.3 is 4.74 Å². The summed E-state index contributed by atoms with van der Waals surface area (Å²) in [5.41, 5.74) is 1.54. The van der Waals surface area contributed by atoms with Gasteiger partial charge in [-0.1, -0.05) is 34.1 Å². The predicted octanol–water partition coefficient (Wildman–Crippen LogP) is 4.02. The van der Waals surface area contributed by atoms with Gasteiger partial charge in [0.25, 0.3) is 0 Å². The summed E-state index contributed by atoms with van der Waals surface area (Å²) < 4.78 is 18.7. The molecule has 1 aromatic rings. The number of allylic oxidation sites excluding steroid dienone is 2. The first kappa shape index (κ1) is 12.2. The van der Waals surface area contributed by atoms with E-state index in [1.165, 1.54) is 7.11 Å². The minimum atomic E-state index is -0.289. The Hall–Kier alpha value is -0.830. The smallest absolute Gasteiger partial charge is 0.172 e. The molecule has 0 aliphatic carbocycles. The second-order valence-corrected chi connectivity index (χ2v) is 3.98. The lowest BCUT2D eigenvalue weighted by atomic mass is 10.1. The second kappa shape index (κ2) is 5.91. The van der Waals surface area contributed by atoms with Gasteiger partial charge in [-0.3, -0.25) is 0 Å². The molecule has 0 aliphatic rings. The molecular formula is C12H14BrFO. The zero-order valence-electron chi connectivity index (χ0n) is 8.89. The van der Waals surface area contributed by atoms with Crippen LogP contribution in [0.25, 0.3) is 5.57 Å². The zero-order valence-corrected chi connectivity index (χ0v) is 10.5. The van der Waals surface area contributed by atoms with Crippen LogP contribution in [-0.2, 0) is 0 Å². The third-order valence-electron chi connectivity index (χ3n) is 2.17. The van der Waals surface area contributed by atoms with Crippen LogP contribution >= 0.6 is 15.9 Å². The van der Waals surface area contributed by atoms with Gasteiger partial charge in [0.05, 0.1) is 7.11 Å². The molecule has 0 amide bonds. The van der Waals surface area contributed by atoms with Crippen molar-refractivity contribution in [3.05, 3.63) is 35.7 Å². The van der Waals surface area contributed by atoms with Crippen LogP contribution in [0, 0.1) is 5.82 Å². The molecule has 0 aromatic heterocycles. The molecule has 0 saturated carbocycles. The molecule has 1 rings (SSSR count). The van der Waals surface area contributed by atoms with Gasteiger partial charge in [-0.2, -0.15) is 0 Å². The van der Waals surface area contributed by atoms with E-state index < -0.39 is 0 Å². The van der Waals surface area contributed by atoms with Gasteiger partial charge in [0.1, 0.15) is 0 Å². The van der Waals surface area contributed by atoms with Crippen LogP contribution in [0.2, 0.25) is 0 Å². The molecule has 0 radical (unpaired) electrons. The number of rotatable bonds is 4. The minimum Gasteiger partial charge on any atom is -0.494 e. The first-order valence-corrected chi connectivity index (χ1v) is 5.88. The number of hydrogen-bond acceptors (Lipinski definition) is 1. The quantitative estimate of drug-likeness (QED) is 0.753. The number of alkyl halides is 1. The highest BCUT2D eigenvalue weighted by Crippen LogP contribution is 2.25. The van der Waals surface area contributed by atoms with Gasteiger partial charge in [0, 0.05) is 10.9 Å². The van der Waals surface area contributed by atoms with Crippen LogP contribution in [0.15, 0.2) is 24.3 Å². The lowest BCUT2D eigenvalue weighted by Crippen LogP contribution is -1.93. The topological polar surface area (TPSA) is 9.23 Å². The Morgan fingerprint density at radius 3 is 2.87 bits per heavy atom. The number of benzene rings is 1. The third kappa shape index (κ3) is 3.06. The van der Waals surface area contributed by atoms with E-state index in [4.69, 9.17) is 4.74 Å². The molecule has 0 bridgehead atoms. The molecule has 82 valence electrons. The van der Waals surface area contributed by atoms with Crippen LogP contribution in [0.4, 0.5) is 4.39 Å². The minimum absolute atomic E-state index is 0.289. The molecule has 0 saturated heterocycles. The molecule has 0 unspecified atom stereocenters. The van der Waals surface area contributed by atoms with Gasteiger partial charge in [0.15, 0.2) is 11.6 Å². The summed E-state index contributed by atoms with van der Waals surface area (Å²) in [7, 11) is 1.47. The van der Waals surface area contributed by atoms with Gasteiger partial charge >= 0.3 is 0 Å². The highest BCUT2D eigenvalue weighted by molar-refractivity contribution is 9.09. The fraction of sp³-hybridized carbons (Fsp3) is 0.333. The molecule has 1 aromatic carbocycles. The van der Waals surface area contributed by atoms with Crippen molar-refractivity contribution in [3.63, 3.8) is 0 Å². The van der Waals surface area contributed by atoms with Crippen molar-refractivity contribution in [2.45, 2.75) is 13.3 Å². The van der Waals surface area contributed by atoms with Crippen LogP contribution in [-0.4, -0.2) is 12.4 Å². The maximum Gasteiger partial charge on any atom is 0.172 e. The van der Waals surface area contributed by atoms with Crippen LogP contribution < -0.4 is 4.74 Å². The molecule has 1 nitrogen and oxygen atoms in total. The maximum absolute atomic E-state index is 13.8. The third-order valence-corrected chi connectivity index (χ3v) is 2.63. The van der Waals surface area contributed by atoms with E-state index in [1.807, 2.05) is 13.0 Å². The van der Waals surface area contributed by atoms with E-state index in [2.05, 4.69) is 15.9 Å². The molecule has 0 aliphatic heterocycles. The van der Waals surface area contributed by atoms with Crippen LogP contribution in [0.5, 0.6) is 5.75 Å². The molecule has 0 N–H and O–H groups in total. The maximum atomic E-state index is 13.8.